The van der Waals surface area contributed by atoms with E-state index in [1.54, 1.807) is 18.2 Å². The molecule has 7 nitrogen and oxygen atoms in total. The average molecular weight is 481 g/mol. The lowest BCUT2D eigenvalue weighted by Crippen LogP contribution is -2.19. The number of rotatable bonds is 6. The summed E-state index contributed by atoms with van der Waals surface area (Å²) < 4.78 is 24.0. The van der Waals surface area contributed by atoms with Gasteiger partial charge in [0.2, 0.25) is 0 Å². The fourth-order valence-corrected chi connectivity index (χ4v) is 3.78. The molecule has 2 N–H and O–H groups in total. The van der Waals surface area contributed by atoms with Gasteiger partial charge in [0.15, 0.2) is 23.3 Å². The first-order chi connectivity index (χ1) is 13.9. The van der Waals surface area contributed by atoms with Crippen molar-refractivity contribution in [3.05, 3.63) is 57.2 Å². The minimum atomic E-state index is -1.11. The average Bonchev–Trinajstić information content (AvgIpc) is 3.01. The Morgan fingerprint density at radius 2 is 2.07 bits per heavy atom. The maximum absolute atomic E-state index is 13.0. The minimum absolute atomic E-state index is 0.249. The zero-order valence-corrected chi connectivity index (χ0v) is 17.3. The number of methoxy groups -OCH3 is 1. The van der Waals surface area contributed by atoms with E-state index in [0.717, 1.165) is 11.8 Å². The summed E-state index contributed by atoms with van der Waals surface area (Å²) in [6.07, 6.45) is 1.64. The van der Waals surface area contributed by atoms with Gasteiger partial charge in [-0.3, -0.25) is 4.79 Å². The zero-order chi connectivity index (χ0) is 21.0. The van der Waals surface area contributed by atoms with Crippen molar-refractivity contribution in [1.29, 1.82) is 0 Å². The molecule has 0 unspecified atom stereocenters. The van der Waals surface area contributed by atoms with Crippen LogP contribution in [-0.4, -0.2) is 35.9 Å². The molecular formula is C19H14BrFN2O5S. The number of amidine groups is 1. The predicted octanol–water partition coefficient (Wildman–Crippen LogP) is 3.95. The molecule has 3 rings (SSSR count). The maximum atomic E-state index is 13.0. The number of aliphatic imine (C=N–C) groups is 1. The third-order valence-corrected chi connectivity index (χ3v) is 5.10. The fourth-order valence-electron chi connectivity index (χ4n) is 2.36. The van der Waals surface area contributed by atoms with Crippen LogP contribution in [0.25, 0.3) is 6.08 Å². The standard InChI is InChI=1S/C19H14BrFN2O5S/c1-27-14-7-10(6-13(20)17(14)28-9-16(24)25)8-15-18(26)23-19(29-15)22-12-4-2-11(21)3-5-12/h2-8H,9H2,1H3,(H,24,25)(H,22,23,26)/b15-8+. The number of ether oxygens (including phenoxy) is 2. The van der Waals surface area contributed by atoms with Gasteiger partial charge in [-0.1, -0.05) is 0 Å². The summed E-state index contributed by atoms with van der Waals surface area (Å²) in [5, 5.41) is 11.8. The van der Waals surface area contributed by atoms with Crippen molar-refractivity contribution < 1.29 is 28.6 Å². The second kappa shape index (κ2) is 9.10. The highest BCUT2D eigenvalue weighted by molar-refractivity contribution is 9.10. The molecule has 150 valence electrons. The Balaban J connectivity index is 1.84. The van der Waals surface area contributed by atoms with Gasteiger partial charge in [-0.15, -0.1) is 0 Å². The van der Waals surface area contributed by atoms with Crippen LogP contribution < -0.4 is 14.8 Å². The smallest absolute Gasteiger partial charge is 0.341 e. The second-order valence-electron chi connectivity index (χ2n) is 5.67. The van der Waals surface area contributed by atoms with Crippen molar-refractivity contribution in [3.8, 4) is 11.5 Å². The number of amides is 1. The van der Waals surface area contributed by atoms with Gasteiger partial charge in [0.05, 0.1) is 22.2 Å². The molecule has 2 aromatic rings. The van der Waals surface area contributed by atoms with E-state index in [1.807, 2.05) is 0 Å². The third kappa shape index (κ3) is 5.36. The van der Waals surface area contributed by atoms with Gasteiger partial charge >= 0.3 is 5.97 Å². The van der Waals surface area contributed by atoms with Gasteiger partial charge in [0, 0.05) is 0 Å². The monoisotopic (exact) mass is 480 g/mol. The van der Waals surface area contributed by atoms with Crippen molar-refractivity contribution in [3.63, 3.8) is 0 Å². The van der Waals surface area contributed by atoms with Gasteiger partial charge < -0.3 is 19.9 Å². The lowest BCUT2D eigenvalue weighted by molar-refractivity contribution is -0.139. The molecule has 1 fully saturated rings. The predicted molar refractivity (Wildman–Crippen MR) is 111 cm³/mol. The van der Waals surface area contributed by atoms with Crippen LogP contribution in [0.5, 0.6) is 11.5 Å². The van der Waals surface area contributed by atoms with Crippen molar-refractivity contribution in [2.45, 2.75) is 0 Å². The number of hydrogen-bond donors (Lipinski definition) is 2. The molecule has 1 aliphatic heterocycles. The van der Waals surface area contributed by atoms with Crippen molar-refractivity contribution >= 4 is 56.5 Å². The minimum Gasteiger partial charge on any atom is -0.493 e. The Kier molecular flexibility index (Phi) is 6.55. The number of carbonyl (C=O) groups is 2. The number of hydrogen-bond acceptors (Lipinski definition) is 6. The highest BCUT2D eigenvalue weighted by Gasteiger charge is 2.24. The first-order valence-corrected chi connectivity index (χ1v) is 9.74. The largest absolute Gasteiger partial charge is 0.493 e. The molecule has 0 bridgehead atoms. The molecule has 0 spiro atoms. The first kappa shape index (κ1) is 20.9. The number of carbonyl (C=O) groups excluding carboxylic acids is 1. The van der Waals surface area contributed by atoms with Crippen LogP contribution in [0.2, 0.25) is 0 Å². The van der Waals surface area contributed by atoms with Gasteiger partial charge in [-0.05, 0) is 75.7 Å². The quantitative estimate of drug-likeness (QED) is 0.607. The van der Waals surface area contributed by atoms with Crippen LogP contribution in [0.4, 0.5) is 10.1 Å². The van der Waals surface area contributed by atoms with Crippen molar-refractivity contribution in [2.24, 2.45) is 4.99 Å². The summed E-state index contributed by atoms with van der Waals surface area (Å²) in [7, 11) is 1.43. The van der Waals surface area contributed by atoms with Crippen LogP contribution in [0.1, 0.15) is 5.56 Å². The summed E-state index contributed by atoms with van der Waals surface area (Å²) in [6.45, 7) is -0.517. The molecule has 0 aliphatic carbocycles. The number of nitrogens with one attached hydrogen (secondary N) is 1. The number of nitrogens with zero attached hydrogens (tertiary/aromatic N) is 1. The molecule has 1 saturated heterocycles. The summed E-state index contributed by atoms with van der Waals surface area (Å²) >= 11 is 4.47. The summed E-state index contributed by atoms with van der Waals surface area (Å²) in [5.74, 6) is -1.24. The normalized spacial score (nSPS) is 16.2. The molecule has 2 aromatic carbocycles. The molecule has 1 amide bonds. The van der Waals surface area contributed by atoms with Gasteiger partial charge in [0.1, 0.15) is 5.82 Å². The van der Waals surface area contributed by atoms with Crippen LogP contribution in [0, 0.1) is 5.82 Å². The Morgan fingerprint density at radius 3 is 2.72 bits per heavy atom. The number of carboxylic acids is 1. The zero-order valence-electron chi connectivity index (χ0n) is 14.9. The van der Waals surface area contributed by atoms with E-state index in [4.69, 9.17) is 14.6 Å². The number of thioether (sulfide) groups is 1. The molecular weight excluding hydrogens is 467 g/mol. The lowest BCUT2D eigenvalue weighted by Gasteiger charge is -2.12. The summed E-state index contributed by atoms with van der Waals surface area (Å²) in [4.78, 5) is 27.7. The van der Waals surface area contributed by atoms with Crippen LogP contribution in [0.3, 0.4) is 0 Å². The van der Waals surface area contributed by atoms with Crippen LogP contribution in [0.15, 0.2) is 50.8 Å². The molecule has 0 saturated carbocycles. The first-order valence-electron chi connectivity index (χ1n) is 8.13. The van der Waals surface area contributed by atoms with Gasteiger partial charge in [-0.2, -0.15) is 0 Å². The third-order valence-electron chi connectivity index (χ3n) is 3.60. The Labute approximate surface area is 177 Å². The Bertz CT molecular complexity index is 1020. The van der Waals surface area contributed by atoms with Gasteiger partial charge in [-0.25, -0.2) is 14.2 Å². The van der Waals surface area contributed by atoms with Crippen molar-refractivity contribution in [2.75, 3.05) is 13.7 Å². The van der Waals surface area contributed by atoms with E-state index in [1.165, 1.54) is 31.4 Å². The van der Waals surface area contributed by atoms with E-state index >= 15 is 0 Å². The van der Waals surface area contributed by atoms with Crippen molar-refractivity contribution in [1.82, 2.24) is 5.32 Å². The van der Waals surface area contributed by atoms with E-state index in [0.29, 0.717) is 31.5 Å². The van der Waals surface area contributed by atoms with Gasteiger partial charge in [0.25, 0.3) is 5.91 Å². The topological polar surface area (TPSA) is 97.2 Å². The number of carboxylic acid groups (broad SMARTS) is 1. The summed E-state index contributed by atoms with van der Waals surface area (Å²) in [6, 6.07) is 8.89. The van der Waals surface area contributed by atoms with E-state index in [9.17, 15) is 14.0 Å². The Morgan fingerprint density at radius 1 is 1.34 bits per heavy atom. The maximum Gasteiger partial charge on any atom is 0.341 e. The summed E-state index contributed by atoms with van der Waals surface area (Å²) in [5.41, 5.74) is 1.15. The van der Waals surface area contributed by atoms with E-state index < -0.39 is 12.6 Å². The lowest BCUT2D eigenvalue weighted by atomic mass is 10.2. The van der Waals surface area contributed by atoms with E-state index in [-0.39, 0.29) is 17.5 Å². The Hall–Kier alpha value is -2.85. The highest BCUT2D eigenvalue weighted by atomic mass is 79.9. The molecule has 0 atom stereocenters. The van der Waals surface area contributed by atoms with Crippen LogP contribution >= 0.6 is 27.7 Å². The number of aliphatic carboxylic acids is 1. The fraction of sp³-hybridized carbons (Fsp3) is 0.105. The molecule has 10 heteroatoms. The molecule has 1 aliphatic rings. The molecule has 0 radical (unpaired) electrons. The number of halogens is 2. The van der Waals surface area contributed by atoms with Crippen LogP contribution in [-0.2, 0) is 9.59 Å². The molecule has 29 heavy (non-hydrogen) atoms. The molecule has 1 heterocycles. The molecule has 0 aromatic heterocycles. The number of benzene rings is 2. The SMILES string of the molecule is COc1cc(/C=C2/SC(=Nc3ccc(F)cc3)NC2=O)cc(Br)c1OCC(=O)O. The second-order valence-corrected chi connectivity index (χ2v) is 7.56. The van der Waals surface area contributed by atoms with E-state index in [2.05, 4.69) is 26.2 Å². The highest BCUT2D eigenvalue weighted by Crippen LogP contribution is 2.38.